The molecule has 3 aromatic rings. The summed E-state index contributed by atoms with van der Waals surface area (Å²) in [6.07, 6.45) is -0.511. The average molecular weight is 576 g/mol. The average Bonchev–Trinajstić information content (AvgIpc) is 3.42. The standard InChI is InChI=1S/C30H33N5O7/c1-40-25-8-4-7-21(16-25)27-30(29(39)32-23(18-37)19-38,17-22-6-2-3-9-26(22)34-35-31)33-28(42-27)20-10-12-24(13-11-20)41-15-5-14-36/h2-4,6-13,16,23,27,36-38H,5,14-15,17-19H2,1H3,(H,32,39)/t27-,30-/m1/s1. The topological polar surface area (TPSA) is 179 Å². The molecular weight excluding hydrogens is 542 g/mol. The number of aliphatic imine (C=N–C) groups is 1. The molecule has 0 saturated carbocycles. The molecule has 3 aromatic carbocycles. The van der Waals surface area contributed by atoms with E-state index in [-0.39, 0.29) is 18.9 Å². The van der Waals surface area contributed by atoms with Crippen molar-refractivity contribution in [1.82, 2.24) is 5.32 Å². The normalized spacial score (nSPS) is 17.6. The third-order valence-electron chi connectivity index (χ3n) is 6.81. The van der Waals surface area contributed by atoms with E-state index in [9.17, 15) is 15.0 Å². The molecule has 0 unspecified atom stereocenters. The summed E-state index contributed by atoms with van der Waals surface area (Å²) in [5, 5.41) is 35.0. The van der Waals surface area contributed by atoms with Gasteiger partial charge in [0.05, 0.1) is 33.0 Å². The molecule has 2 atom stereocenters. The molecular formula is C30H33N5O7. The summed E-state index contributed by atoms with van der Waals surface area (Å²) in [4.78, 5) is 22.0. The van der Waals surface area contributed by atoms with Crippen LogP contribution >= 0.6 is 0 Å². The molecule has 4 rings (SSSR count). The molecule has 1 aliphatic heterocycles. The molecule has 4 N–H and O–H groups in total. The minimum absolute atomic E-state index is 0.0226. The van der Waals surface area contributed by atoms with Gasteiger partial charge in [-0.3, -0.25) is 4.79 Å². The highest BCUT2D eigenvalue weighted by atomic mass is 16.5. The van der Waals surface area contributed by atoms with Gasteiger partial charge in [0.15, 0.2) is 11.6 Å². The van der Waals surface area contributed by atoms with Crippen LogP contribution in [0.2, 0.25) is 0 Å². The van der Waals surface area contributed by atoms with E-state index < -0.39 is 36.8 Å². The van der Waals surface area contributed by atoms with Crippen LogP contribution in [-0.2, 0) is 16.0 Å². The summed E-state index contributed by atoms with van der Waals surface area (Å²) in [5.74, 6) is 0.723. The quantitative estimate of drug-likeness (QED) is 0.0985. The van der Waals surface area contributed by atoms with Crippen molar-refractivity contribution in [3.8, 4) is 11.5 Å². The monoisotopic (exact) mass is 575 g/mol. The van der Waals surface area contributed by atoms with Crippen LogP contribution in [0.25, 0.3) is 10.4 Å². The van der Waals surface area contributed by atoms with E-state index in [0.717, 1.165) is 0 Å². The van der Waals surface area contributed by atoms with E-state index in [2.05, 4.69) is 15.3 Å². The fraction of sp³-hybridized carbons (Fsp3) is 0.333. The lowest BCUT2D eigenvalue weighted by atomic mass is 9.81. The van der Waals surface area contributed by atoms with E-state index in [0.29, 0.717) is 46.9 Å². The van der Waals surface area contributed by atoms with Crippen molar-refractivity contribution in [2.45, 2.75) is 30.5 Å². The lowest BCUT2D eigenvalue weighted by molar-refractivity contribution is -0.130. The molecule has 42 heavy (non-hydrogen) atoms. The maximum Gasteiger partial charge on any atom is 0.253 e. The van der Waals surface area contributed by atoms with E-state index in [1.165, 1.54) is 7.11 Å². The molecule has 1 aliphatic rings. The second-order valence-corrected chi connectivity index (χ2v) is 9.60. The molecule has 1 amide bonds. The number of benzene rings is 3. The first-order chi connectivity index (χ1) is 20.5. The Balaban J connectivity index is 1.86. The molecule has 0 aromatic heterocycles. The lowest BCUT2D eigenvalue weighted by Gasteiger charge is -2.32. The van der Waals surface area contributed by atoms with E-state index in [1.807, 2.05) is 0 Å². The number of hydrogen-bond donors (Lipinski definition) is 4. The van der Waals surface area contributed by atoms with Crippen LogP contribution in [0.15, 0.2) is 82.9 Å². The number of carbonyl (C=O) groups is 1. The van der Waals surface area contributed by atoms with Gasteiger partial charge in [-0.05, 0) is 53.1 Å². The van der Waals surface area contributed by atoms with Gasteiger partial charge in [-0.2, -0.15) is 0 Å². The predicted octanol–water partition coefficient (Wildman–Crippen LogP) is 3.37. The minimum atomic E-state index is -1.65. The van der Waals surface area contributed by atoms with Gasteiger partial charge in [-0.1, -0.05) is 41.5 Å². The molecule has 12 nitrogen and oxygen atoms in total. The van der Waals surface area contributed by atoms with Gasteiger partial charge in [-0.25, -0.2) is 4.99 Å². The maximum atomic E-state index is 14.2. The number of hydrogen-bond acceptors (Lipinski definition) is 9. The first-order valence-corrected chi connectivity index (χ1v) is 13.4. The van der Waals surface area contributed by atoms with Gasteiger partial charge >= 0.3 is 0 Å². The number of nitrogens with zero attached hydrogens (tertiary/aromatic N) is 4. The smallest absolute Gasteiger partial charge is 0.253 e. The van der Waals surface area contributed by atoms with Crippen molar-refractivity contribution in [2.75, 3.05) is 33.5 Å². The van der Waals surface area contributed by atoms with Crippen molar-refractivity contribution < 1.29 is 34.3 Å². The summed E-state index contributed by atoms with van der Waals surface area (Å²) in [5.41, 5.74) is 9.56. The summed E-state index contributed by atoms with van der Waals surface area (Å²) in [6, 6.07) is 20.0. The predicted molar refractivity (Wildman–Crippen MR) is 155 cm³/mol. The van der Waals surface area contributed by atoms with Gasteiger partial charge in [-0.15, -0.1) is 0 Å². The number of azide groups is 1. The Kier molecular flexibility index (Phi) is 10.4. The Labute approximate surface area is 242 Å². The lowest BCUT2D eigenvalue weighted by Crippen LogP contribution is -2.54. The van der Waals surface area contributed by atoms with Crippen molar-refractivity contribution >= 4 is 17.5 Å². The van der Waals surface area contributed by atoms with Crippen molar-refractivity contribution in [3.05, 3.63) is 99.9 Å². The molecule has 0 bridgehead atoms. The molecule has 0 aliphatic carbocycles. The van der Waals surface area contributed by atoms with Gasteiger partial charge in [0.25, 0.3) is 5.91 Å². The number of carbonyl (C=O) groups excluding carboxylic acids is 1. The zero-order valence-electron chi connectivity index (χ0n) is 23.1. The number of amides is 1. The Morgan fingerprint density at radius 2 is 1.86 bits per heavy atom. The highest BCUT2D eigenvalue weighted by Gasteiger charge is 2.54. The van der Waals surface area contributed by atoms with Crippen LogP contribution in [0, 0.1) is 0 Å². The zero-order chi connectivity index (χ0) is 30.0. The fourth-order valence-electron chi connectivity index (χ4n) is 4.64. The van der Waals surface area contributed by atoms with Crippen LogP contribution in [0.5, 0.6) is 11.5 Å². The summed E-state index contributed by atoms with van der Waals surface area (Å²) in [6.45, 7) is -0.607. The SMILES string of the molecule is COc1cccc([C@H]2OC(c3ccc(OCCCO)cc3)=N[C@@]2(Cc2ccccc2N=[N+]=[N-])C(=O)NC(CO)CO)c1. The Morgan fingerprint density at radius 1 is 1.10 bits per heavy atom. The molecule has 220 valence electrons. The van der Waals surface area contributed by atoms with Crippen molar-refractivity contribution in [3.63, 3.8) is 0 Å². The number of aliphatic hydroxyl groups excluding tert-OH is 3. The molecule has 0 saturated heterocycles. The second kappa shape index (κ2) is 14.3. The number of aliphatic hydroxyl groups is 3. The molecule has 0 radical (unpaired) electrons. The highest BCUT2D eigenvalue weighted by Crippen LogP contribution is 2.44. The van der Waals surface area contributed by atoms with E-state index in [1.54, 1.807) is 72.8 Å². The van der Waals surface area contributed by atoms with Crippen LogP contribution in [0.1, 0.15) is 29.2 Å². The maximum absolute atomic E-state index is 14.2. The summed E-state index contributed by atoms with van der Waals surface area (Å²) in [7, 11) is 1.53. The van der Waals surface area contributed by atoms with E-state index >= 15 is 0 Å². The van der Waals surface area contributed by atoms with Gasteiger partial charge in [0.1, 0.15) is 11.5 Å². The molecule has 0 fully saturated rings. The van der Waals surface area contributed by atoms with Gasteiger partial charge in [0.2, 0.25) is 5.90 Å². The Bertz CT molecular complexity index is 1440. The largest absolute Gasteiger partial charge is 0.497 e. The third kappa shape index (κ3) is 6.81. The molecule has 1 heterocycles. The second-order valence-electron chi connectivity index (χ2n) is 9.60. The number of methoxy groups -OCH3 is 1. The first kappa shape index (κ1) is 30.4. The number of rotatable bonds is 14. The van der Waals surface area contributed by atoms with E-state index in [4.69, 9.17) is 29.8 Å². The number of ether oxygens (including phenoxy) is 3. The third-order valence-corrected chi connectivity index (χ3v) is 6.81. The minimum Gasteiger partial charge on any atom is -0.497 e. The number of nitrogens with one attached hydrogen (secondary N) is 1. The molecule has 0 spiro atoms. The van der Waals surface area contributed by atoms with Crippen molar-refractivity contribution in [1.29, 1.82) is 0 Å². The zero-order valence-corrected chi connectivity index (χ0v) is 23.1. The van der Waals surface area contributed by atoms with Crippen LogP contribution in [0.4, 0.5) is 5.69 Å². The Morgan fingerprint density at radius 3 is 2.55 bits per heavy atom. The van der Waals surface area contributed by atoms with Gasteiger partial charge in [0, 0.05) is 35.6 Å². The molecule has 12 heteroatoms. The summed E-state index contributed by atoms with van der Waals surface area (Å²) < 4.78 is 17.5. The van der Waals surface area contributed by atoms with Gasteiger partial charge < -0.3 is 34.8 Å². The van der Waals surface area contributed by atoms with Crippen LogP contribution < -0.4 is 14.8 Å². The first-order valence-electron chi connectivity index (χ1n) is 13.4. The van der Waals surface area contributed by atoms with Crippen LogP contribution in [-0.4, -0.2) is 72.2 Å². The summed E-state index contributed by atoms with van der Waals surface area (Å²) >= 11 is 0. The van der Waals surface area contributed by atoms with Crippen molar-refractivity contribution in [2.24, 2.45) is 10.1 Å². The Hall–Kier alpha value is -4.61. The fourth-order valence-corrected chi connectivity index (χ4v) is 4.64. The van der Waals surface area contributed by atoms with Crippen LogP contribution in [0.3, 0.4) is 0 Å². The highest BCUT2D eigenvalue weighted by molar-refractivity contribution is 6.01.